The van der Waals surface area contributed by atoms with E-state index in [4.69, 9.17) is 9.47 Å². The summed E-state index contributed by atoms with van der Waals surface area (Å²) in [7, 11) is 1.65. The number of hydrogen-bond acceptors (Lipinski definition) is 6. The molecule has 1 aliphatic rings. The molecule has 2 heterocycles. The van der Waals surface area contributed by atoms with Crippen molar-refractivity contribution in [2.45, 2.75) is 18.9 Å². The highest BCUT2D eigenvalue weighted by Crippen LogP contribution is 2.23. The highest BCUT2D eigenvalue weighted by molar-refractivity contribution is 7.12. The molecule has 7 nitrogen and oxygen atoms in total. The van der Waals surface area contributed by atoms with Gasteiger partial charge < -0.3 is 20.1 Å². The number of methoxy groups -OCH3 is 1. The zero-order valence-corrected chi connectivity index (χ0v) is 18.1. The van der Waals surface area contributed by atoms with E-state index >= 15 is 0 Å². The Kier molecular flexibility index (Phi) is 8.67. The molecule has 0 saturated carbocycles. The second-order valence-electron chi connectivity index (χ2n) is 7.08. The molecule has 1 fully saturated rings. The third-order valence-electron chi connectivity index (χ3n) is 5.09. The van der Waals surface area contributed by atoms with Crippen LogP contribution < -0.4 is 15.4 Å². The second kappa shape index (κ2) is 11.7. The van der Waals surface area contributed by atoms with Gasteiger partial charge in [-0.2, -0.15) is 0 Å². The van der Waals surface area contributed by atoms with Crippen LogP contribution in [0.4, 0.5) is 0 Å². The van der Waals surface area contributed by atoms with Crippen LogP contribution in [0.25, 0.3) is 0 Å². The summed E-state index contributed by atoms with van der Waals surface area (Å²) in [6.07, 6.45) is 0.983. The number of hydrogen-bond donors (Lipinski definition) is 2. The van der Waals surface area contributed by atoms with Gasteiger partial charge in [0.15, 0.2) is 0 Å². The molecule has 1 atom stereocenters. The molecule has 30 heavy (non-hydrogen) atoms. The Labute approximate surface area is 181 Å². The Bertz CT molecular complexity index is 789. The van der Waals surface area contributed by atoms with Crippen LogP contribution >= 0.6 is 11.3 Å². The normalized spacial score (nSPS) is 15.4. The molecule has 2 amide bonds. The maximum atomic E-state index is 12.4. The Morgan fingerprint density at radius 2 is 1.93 bits per heavy atom. The van der Waals surface area contributed by atoms with Gasteiger partial charge in [0.05, 0.1) is 31.2 Å². The summed E-state index contributed by atoms with van der Waals surface area (Å²) in [6, 6.07) is 11.7. The fourth-order valence-corrected chi connectivity index (χ4v) is 4.06. The smallest absolute Gasteiger partial charge is 0.261 e. The molecular weight excluding hydrogens is 402 g/mol. The molecule has 0 bridgehead atoms. The van der Waals surface area contributed by atoms with E-state index in [1.165, 1.54) is 11.3 Å². The van der Waals surface area contributed by atoms with Crippen LogP contribution in [0, 0.1) is 0 Å². The van der Waals surface area contributed by atoms with Crippen LogP contribution in [0.15, 0.2) is 41.8 Å². The average Bonchev–Trinajstić information content (AvgIpc) is 3.33. The SMILES string of the molecule is COc1ccc(C(CNC(=O)CCCNC(=O)c2cccs2)N2CCOCC2)cc1. The molecule has 1 unspecified atom stereocenters. The molecule has 0 aliphatic carbocycles. The first-order valence-electron chi connectivity index (χ1n) is 10.2. The van der Waals surface area contributed by atoms with Crippen molar-refractivity contribution >= 4 is 23.2 Å². The summed E-state index contributed by atoms with van der Waals surface area (Å²) >= 11 is 1.41. The first-order chi connectivity index (χ1) is 14.7. The van der Waals surface area contributed by atoms with Crippen LogP contribution in [0.5, 0.6) is 5.75 Å². The van der Waals surface area contributed by atoms with E-state index in [0.717, 1.165) is 24.4 Å². The highest BCUT2D eigenvalue weighted by atomic mass is 32.1. The zero-order chi connectivity index (χ0) is 21.2. The van der Waals surface area contributed by atoms with Crippen LogP contribution in [-0.4, -0.2) is 63.2 Å². The maximum absolute atomic E-state index is 12.4. The van der Waals surface area contributed by atoms with E-state index in [1.807, 2.05) is 35.7 Å². The van der Waals surface area contributed by atoms with E-state index in [-0.39, 0.29) is 17.9 Å². The van der Waals surface area contributed by atoms with Gasteiger partial charge in [0, 0.05) is 32.6 Å². The quantitative estimate of drug-likeness (QED) is 0.565. The van der Waals surface area contributed by atoms with Gasteiger partial charge in [-0.1, -0.05) is 18.2 Å². The molecule has 3 rings (SSSR count). The van der Waals surface area contributed by atoms with E-state index in [2.05, 4.69) is 15.5 Å². The number of carbonyl (C=O) groups excluding carboxylic acids is 2. The number of rotatable bonds is 10. The molecule has 0 spiro atoms. The summed E-state index contributed by atoms with van der Waals surface area (Å²) in [6.45, 7) is 4.08. The summed E-state index contributed by atoms with van der Waals surface area (Å²) in [5.41, 5.74) is 1.14. The van der Waals surface area contributed by atoms with Gasteiger partial charge in [-0.05, 0) is 35.6 Å². The number of nitrogens with zero attached hydrogens (tertiary/aromatic N) is 1. The van der Waals surface area contributed by atoms with E-state index in [0.29, 0.717) is 44.0 Å². The van der Waals surface area contributed by atoms with Crippen molar-refractivity contribution in [3.63, 3.8) is 0 Å². The number of carbonyl (C=O) groups is 2. The van der Waals surface area contributed by atoms with Crippen LogP contribution in [-0.2, 0) is 9.53 Å². The molecule has 0 radical (unpaired) electrons. The van der Waals surface area contributed by atoms with Crippen molar-refractivity contribution in [1.82, 2.24) is 15.5 Å². The van der Waals surface area contributed by atoms with Crippen LogP contribution in [0.2, 0.25) is 0 Å². The lowest BCUT2D eigenvalue weighted by atomic mass is 10.0. The Hall–Kier alpha value is -2.42. The Balaban J connectivity index is 1.46. The number of ether oxygens (including phenoxy) is 2. The number of benzene rings is 1. The van der Waals surface area contributed by atoms with E-state index in [9.17, 15) is 9.59 Å². The lowest BCUT2D eigenvalue weighted by molar-refractivity contribution is -0.121. The summed E-state index contributed by atoms with van der Waals surface area (Å²) in [5.74, 6) is 0.720. The first kappa shape index (κ1) is 22.3. The number of nitrogens with one attached hydrogen (secondary N) is 2. The van der Waals surface area contributed by atoms with Gasteiger partial charge in [0.25, 0.3) is 5.91 Å². The molecule has 2 N–H and O–H groups in total. The molecule has 1 aliphatic heterocycles. The van der Waals surface area contributed by atoms with Crippen molar-refractivity contribution in [2.75, 3.05) is 46.5 Å². The lowest BCUT2D eigenvalue weighted by Gasteiger charge is -2.35. The molecule has 1 aromatic heterocycles. The number of thiophene rings is 1. The fraction of sp³-hybridized carbons (Fsp3) is 0.455. The van der Waals surface area contributed by atoms with E-state index in [1.54, 1.807) is 13.2 Å². The van der Waals surface area contributed by atoms with E-state index < -0.39 is 0 Å². The third kappa shape index (κ3) is 6.55. The number of morpholine rings is 1. The predicted molar refractivity (Wildman–Crippen MR) is 117 cm³/mol. The van der Waals surface area contributed by atoms with Crippen molar-refractivity contribution in [3.8, 4) is 5.75 Å². The fourth-order valence-electron chi connectivity index (χ4n) is 3.42. The minimum absolute atomic E-state index is 0.00727. The van der Waals surface area contributed by atoms with Crippen molar-refractivity contribution in [1.29, 1.82) is 0 Å². The highest BCUT2D eigenvalue weighted by Gasteiger charge is 2.23. The average molecular weight is 432 g/mol. The number of amides is 2. The van der Waals surface area contributed by atoms with Crippen LogP contribution in [0.1, 0.15) is 34.1 Å². The van der Waals surface area contributed by atoms with Gasteiger partial charge in [0.2, 0.25) is 5.91 Å². The Morgan fingerprint density at radius 3 is 2.60 bits per heavy atom. The zero-order valence-electron chi connectivity index (χ0n) is 17.3. The molecule has 1 aromatic carbocycles. The van der Waals surface area contributed by atoms with Crippen LogP contribution in [0.3, 0.4) is 0 Å². The summed E-state index contributed by atoms with van der Waals surface area (Å²) < 4.78 is 10.7. The monoisotopic (exact) mass is 431 g/mol. The third-order valence-corrected chi connectivity index (χ3v) is 5.96. The second-order valence-corrected chi connectivity index (χ2v) is 8.03. The van der Waals surface area contributed by atoms with Crippen molar-refractivity contribution in [3.05, 3.63) is 52.2 Å². The Morgan fingerprint density at radius 1 is 1.17 bits per heavy atom. The predicted octanol–water partition coefficient (Wildman–Crippen LogP) is 2.46. The van der Waals surface area contributed by atoms with Gasteiger partial charge in [-0.15, -0.1) is 11.3 Å². The molecule has 162 valence electrons. The van der Waals surface area contributed by atoms with Gasteiger partial charge in [-0.3, -0.25) is 14.5 Å². The van der Waals surface area contributed by atoms with Crippen molar-refractivity contribution < 1.29 is 19.1 Å². The summed E-state index contributed by atoms with van der Waals surface area (Å²) in [5, 5.41) is 7.78. The standard InChI is InChI=1S/C22H29N3O4S/c1-28-18-8-6-17(7-9-18)19(25-11-13-29-14-12-25)16-24-21(26)5-2-10-23-22(27)20-4-3-15-30-20/h3-4,6-9,15,19H,2,5,10-14,16H2,1H3,(H,23,27)(H,24,26). The van der Waals surface area contributed by atoms with Gasteiger partial charge >= 0.3 is 0 Å². The topological polar surface area (TPSA) is 79.9 Å². The maximum Gasteiger partial charge on any atom is 0.261 e. The summed E-state index contributed by atoms with van der Waals surface area (Å²) in [4.78, 5) is 27.3. The molecular formula is C22H29N3O4S. The first-order valence-corrected chi connectivity index (χ1v) is 11.1. The molecule has 2 aromatic rings. The van der Waals surface area contributed by atoms with Gasteiger partial charge in [0.1, 0.15) is 5.75 Å². The lowest BCUT2D eigenvalue weighted by Crippen LogP contribution is -2.43. The largest absolute Gasteiger partial charge is 0.497 e. The molecule has 8 heteroatoms. The minimum atomic E-state index is -0.0858. The minimum Gasteiger partial charge on any atom is -0.497 e. The van der Waals surface area contributed by atoms with Gasteiger partial charge in [-0.25, -0.2) is 0 Å². The molecule has 1 saturated heterocycles. The van der Waals surface area contributed by atoms with Crippen molar-refractivity contribution in [2.24, 2.45) is 0 Å².